The molecule has 0 aliphatic heterocycles. The molecule has 0 saturated carbocycles. The number of anilines is 1. The van der Waals surface area contributed by atoms with Crippen LogP contribution in [0.5, 0.6) is 11.5 Å². The van der Waals surface area contributed by atoms with Gasteiger partial charge in [-0.2, -0.15) is 0 Å². The zero-order chi connectivity index (χ0) is 20.8. The number of carbonyl (C=O) groups is 2. The zero-order valence-electron chi connectivity index (χ0n) is 16.6. The Morgan fingerprint density at radius 3 is 2.11 bits per heavy atom. The lowest BCUT2D eigenvalue weighted by Crippen LogP contribution is -2.47. The van der Waals surface area contributed by atoms with Crippen LogP contribution in [0.1, 0.15) is 29.8 Å². The van der Waals surface area contributed by atoms with Crippen LogP contribution in [-0.4, -0.2) is 32.1 Å². The van der Waals surface area contributed by atoms with E-state index in [1.807, 2.05) is 13.8 Å². The predicted molar refractivity (Wildman–Crippen MR) is 105 cm³/mol. The van der Waals surface area contributed by atoms with E-state index in [4.69, 9.17) is 9.47 Å². The van der Waals surface area contributed by atoms with Gasteiger partial charge in [0.2, 0.25) is 5.91 Å². The molecule has 0 heterocycles. The predicted octanol–water partition coefficient (Wildman–Crippen LogP) is 3.54. The lowest BCUT2D eigenvalue weighted by Gasteiger charge is -2.22. The first-order valence-corrected chi connectivity index (χ1v) is 8.86. The van der Waals surface area contributed by atoms with E-state index in [-0.39, 0.29) is 5.92 Å². The topological polar surface area (TPSA) is 76.7 Å². The van der Waals surface area contributed by atoms with Gasteiger partial charge in [0.15, 0.2) is 0 Å². The minimum Gasteiger partial charge on any atom is -0.497 e. The van der Waals surface area contributed by atoms with Crippen molar-refractivity contribution in [1.82, 2.24) is 5.32 Å². The summed E-state index contributed by atoms with van der Waals surface area (Å²) in [6, 6.07) is 8.40. The Hall–Kier alpha value is -3.09. The van der Waals surface area contributed by atoms with Crippen molar-refractivity contribution in [2.24, 2.45) is 5.92 Å². The highest BCUT2D eigenvalue weighted by Gasteiger charge is 2.25. The van der Waals surface area contributed by atoms with Crippen LogP contribution in [0.2, 0.25) is 0 Å². The number of amides is 2. The third kappa shape index (κ3) is 5.22. The molecule has 0 aliphatic rings. The van der Waals surface area contributed by atoms with Gasteiger partial charge in [-0.05, 0) is 42.7 Å². The molecule has 2 rings (SSSR count). The maximum Gasteiger partial charge on any atom is 0.252 e. The first-order valence-electron chi connectivity index (χ1n) is 8.86. The molecule has 2 aromatic rings. The largest absolute Gasteiger partial charge is 0.497 e. The van der Waals surface area contributed by atoms with Gasteiger partial charge < -0.3 is 20.1 Å². The van der Waals surface area contributed by atoms with Crippen molar-refractivity contribution in [3.63, 3.8) is 0 Å². The average molecular weight is 388 g/mol. The molecule has 0 fully saturated rings. The molecule has 1 atom stereocenters. The van der Waals surface area contributed by atoms with Gasteiger partial charge in [-0.3, -0.25) is 9.59 Å². The van der Waals surface area contributed by atoms with Gasteiger partial charge >= 0.3 is 0 Å². The number of hydrogen-bond donors (Lipinski definition) is 2. The molecule has 2 amide bonds. The minimum atomic E-state index is -0.811. The van der Waals surface area contributed by atoms with Crippen molar-refractivity contribution in [1.29, 1.82) is 0 Å². The third-order valence-electron chi connectivity index (χ3n) is 4.29. The van der Waals surface area contributed by atoms with Crippen molar-refractivity contribution in [3.8, 4) is 11.5 Å². The highest BCUT2D eigenvalue weighted by atomic mass is 19.1. The Balaban J connectivity index is 2.18. The summed E-state index contributed by atoms with van der Waals surface area (Å²) < 4.78 is 24.1. The number of rotatable bonds is 7. The van der Waals surface area contributed by atoms with E-state index < -0.39 is 23.7 Å². The zero-order valence-corrected chi connectivity index (χ0v) is 16.6. The molecular weight excluding hydrogens is 363 g/mol. The van der Waals surface area contributed by atoms with Crippen LogP contribution in [0.4, 0.5) is 10.1 Å². The molecule has 0 spiro atoms. The summed E-state index contributed by atoms with van der Waals surface area (Å²) in [5.41, 5.74) is 1.12. The Bertz CT molecular complexity index is 845. The number of methoxy groups -OCH3 is 2. The number of aryl methyl sites for hydroxylation is 1. The number of ether oxygens (including phenoxy) is 2. The molecular formula is C21H25FN2O4. The minimum absolute atomic E-state index is 0.188. The summed E-state index contributed by atoms with van der Waals surface area (Å²) in [5.74, 6) is -0.545. The first-order chi connectivity index (χ1) is 13.2. The number of hydrogen-bond acceptors (Lipinski definition) is 4. The summed E-state index contributed by atoms with van der Waals surface area (Å²) in [4.78, 5) is 25.4. The second kappa shape index (κ2) is 9.21. The van der Waals surface area contributed by atoms with Crippen LogP contribution in [0, 0.1) is 18.7 Å². The standard InChI is InChI=1S/C21H25FN2O4/c1-12(2)19(21(26)23-15-7-6-13(3)18(22)10-15)24-20(25)14-8-16(27-4)11-17(9-14)28-5/h6-12,19H,1-5H3,(H,23,26)(H,24,25). The smallest absolute Gasteiger partial charge is 0.252 e. The molecule has 1 unspecified atom stereocenters. The van der Waals surface area contributed by atoms with Crippen molar-refractivity contribution >= 4 is 17.5 Å². The van der Waals surface area contributed by atoms with Crippen LogP contribution in [0.3, 0.4) is 0 Å². The molecule has 0 aromatic heterocycles. The van der Waals surface area contributed by atoms with Crippen LogP contribution in [-0.2, 0) is 4.79 Å². The van der Waals surface area contributed by atoms with Crippen LogP contribution >= 0.6 is 0 Å². The third-order valence-corrected chi connectivity index (χ3v) is 4.29. The summed E-state index contributed by atoms with van der Waals surface area (Å²) in [6.45, 7) is 5.26. The Kier molecular flexibility index (Phi) is 6.98. The molecule has 7 heteroatoms. The van der Waals surface area contributed by atoms with Gasteiger partial charge in [0.1, 0.15) is 23.4 Å². The van der Waals surface area contributed by atoms with Gasteiger partial charge in [-0.25, -0.2) is 4.39 Å². The monoisotopic (exact) mass is 388 g/mol. The molecule has 0 saturated heterocycles. The Labute approximate surface area is 164 Å². The summed E-state index contributed by atoms with van der Waals surface area (Å²) in [7, 11) is 2.98. The van der Waals surface area contributed by atoms with E-state index in [2.05, 4.69) is 10.6 Å². The normalized spacial score (nSPS) is 11.7. The van der Waals surface area contributed by atoms with Crippen LogP contribution in [0.15, 0.2) is 36.4 Å². The quantitative estimate of drug-likeness (QED) is 0.761. The molecule has 0 aliphatic carbocycles. The van der Waals surface area contributed by atoms with Gasteiger partial charge in [0, 0.05) is 17.3 Å². The van der Waals surface area contributed by atoms with Crippen LogP contribution in [0.25, 0.3) is 0 Å². The highest BCUT2D eigenvalue weighted by Crippen LogP contribution is 2.23. The molecule has 0 radical (unpaired) electrons. The molecule has 2 aromatic carbocycles. The number of nitrogens with one attached hydrogen (secondary N) is 2. The fourth-order valence-electron chi connectivity index (χ4n) is 2.59. The number of carbonyl (C=O) groups excluding carboxylic acids is 2. The highest BCUT2D eigenvalue weighted by molar-refractivity contribution is 6.01. The maximum atomic E-state index is 13.7. The summed E-state index contributed by atoms with van der Waals surface area (Å²) in [6.07, 6.45) is 0. The number of benzene rings is 2. The Morgan fingerprint density at radius 2 is 1.61 bits per heavy atom. The van der Waals surface area contributed by atoms with Crippen molar-refractivity contribution in [3.05, 3.63) is 53.3 Å². The van der Waals surface area contributed by atoms with Gasteiger partial charge in [-0.1, -0.05) is 19.9 Å². The maximum absolute atomic E-state index is 13.7. The fourth-order valence-corrected chi connectivity index (χ4v) is 2.59. The van der Waals surface area contributed by atoms with E-state index in [0.717, 1.165) is 0 Å². The average Bonchev–Trinajstić information content (AvgIpc) is 2.67. The van der Waals surface area contributed by atoms with Crippen molar-refractivity contribution in [2.45, 2.75) is 26.8 Å². The van der Waals surface area contributed by atoms with E-state index in [1.165, 1.54) is 20.3 Å². The van der Waals surface area contributed by atoms with E-state index in [9.17, 15) is 14.0 Å². The summed E-state index contributed by atoms with van der Waals surface area (Å²) in [5, 5.41) is 5.38. The van der Waals surface area contributed by atoms with E-state index in [0.29, 0.717) is 28.3 Å². The summed E-state index contributed by atoms with van der Waals surface area (Å²) >= 11 is 0. The lowest BCUT2D eigenvalue weighted by atomic mass is 10.0. The second-order valence-electron chi connectivity index (χ2n) is 6.75. The fraction of sp³-hybridized carbons (Fsp3) is 0.333. The van der Waals surface area contributed by atoms with E-state index in [1.54, 1.807) is 37.3 Å². The molecule has 150 valence electrons. The first kappa shape index (κ1) is 21.2. The lowest BCUT2D eigenvalue weighted by molar-refractivity contribution is -0.118. The van der Waals surface area contributed by atoms with Crippen molar-refractivity contribution in [2.75, 3.05) is 19.5 Å². The van der Waals surface area contributed by atoms with E-state index >= 15 is 0 Å². The van der Waals surface area contributed by atoms with Gasteiger partial charge in [0.05, 0.1) is 14.2 Å². The second-order valence-corrected chi connectivity index (χ2v) is 6.75. The van der Waals surface area contributed by atoms with Gasteiger partial charge in [-0.15, -0.1) is 0 Å². The molecule has 6 nitrogen and oxygen atoms in total. The molecule has 0 bridgehead atoms. The molecule has 28 heavy (non-hydrogen) atoms. The van der Waals surface area contributed by atoms with Crippen molar-refractivity contribution < 1.29 is 23.5 Å². The molecule has 2 N–H and O–H groups in total. The Morgan fingerprint density at radius 1 is 1.00 bits per heavy atom. The SMILES string of the molecule is COc1cc(OC)cc(C(=O)NC(C(=O)Nc2ccc(C)c(F)c2)C(C)C)c1. The van der Waals surface area contributed by atoms with Gasteiger partial charge in [0.25, 0.3) is 5.91 Å². The van der Waals surface area contributed by atoms with Crippen LogP contribution < -0.4 is 20.1 Å². The number of halogens is 1.